The first-order valence-corrected chi connectivity index (χ1v) is 1.40. The van der Waals surface area contributed by atoms with Crippen molar-refractivity contribution in [3.63, 3.8) is 0 Å². The van der Waals surface area contributed by atoms with E-state index in [1.807, 2.05) is 0 Å². The highest BCUT2D eigenvalue weighted by molar-refractivity contribution is 7.19. The maximum absolute atomic E-state index is 7.43. The van der Waals surface area contributed by atoms with Crippen LogP contribution in [0.25, 0.3) is 0 Å². The Hall–Kier alpha value is 0.0200. The van der Waals surface area contributed by atoms with Crippen LogP contribution in [0.1, 0.15) is 0 Å². The third-order valence-electron chi connectivity index (χ3n) is 0.0400. The molecule has 0 fully saturated rings. The van der Waals surface area contributed by atoms with Crippen molar-refractivity contribution in [3.05, 3.63) is 0 Å². The van der Waals surface area contributed by atoms with E-state index in [0.717, 1.165) is 0 Å². The summed E-state index contributed by atoms with van der Waals surface area (Å²) in [7, 11) is -0.321. The van der Waals surface area contributed by atoms with Crippen LogP contribution in [0.15, 0.2) is 4.91 Å². The van der Waals surface area contributed by atoms with Gasteiger partial charge in [-0.15, -0.1) is 0 Å². The summed E-state index contributed by atoms with van der Waals surface area (Å²) in [6, 6.07) is 0. The molecule has 0 atom stereocenters. The quantitative estimate of drug-likeness (QED) is 0.326. The van der Waals surface area contributed by atoms with E-state index in [0.29, 0.717) is 0 Å². The zero-order valence-corrected chi connectivity index (χ0v) is 2.68. The monoisotopic (exact) mass is 79.0 g/mol. The Kier molecular flexibility index (Phi) is 3.04. The van der Waals surface area contributed by atoms with Gasteiger partial charge in [0.25, 0.3) is 0 Å². The Morgan fingerprint density at radius 3 is 2.00 bits per heavy atom. The third kappa shape index (κ3) is 2.02. The molecule has 0 bridgehead atoms. The average Bonchev–Trinajstić information content (AvgIpc) is 1.37. The summed E-state index contributed by atoms with van der Waals surface area (Å²) >= 11 is 0. The summed E-state index contributed by atoms with van der Waals surface area (Å²) in [5.74, 6) is 0. The van der Waals surface area contributed by atoms with Crippen molar-refractivity contribution < 1.29 is 10.1 Å². The molecule has 0 aromatic carbocycles. The van der Waals surface area contributed by atoms with E-state index in [9.17, 15) is 0 Å². The SMILES string of the molecule is ON=PO. The van der Waals surface area contributed by atoms with Crippen molar-refractivity contribution in [3.8, 4) is 0 Å². The summed E-state index contributed by atoms with van der Waals surface area (Å²) in [5.41, 5.74) is 0. The molecule has 0 aromatic heterocycles. The predicted molar refractivity (Wildman–Crippen MR) is 13.4 cm³/mol. The molecule has 0 rings (SSSR count). The van der Waals surface area contributed by atoms with Crippen LogP contribution in [0.2, 0.25) is 0 Å². The highest BCUT2D eigenvalue weighted by atomic mass is 31.1. The van der Waals surface area contributed by atoms with Crippen molar-refractivity contribution in [2.75, 3.05) is 0 Å². The molecule has 3 nitrogen and oxygen atoms in total. The average molecular weight is 79.0 g/mol. The van der Waals surface area contributed by atoms with E-state index in [2.05, 4.69) is 4.91 Å². The predicted octanol–water partition coefficient (Wildman–Crippen LogP) is 0.413. The van der Waals surface area contributed by atoms with Crippen LogP contribution in [0, 0.1) is 0 Å². The molecule has 0 radical (unpaired) electrons. The molecule has 0 saturated heterocycles. The molecule has 2 N–H and O–H groups in total. The first-order valence-electron chi connectivity index (χ1n) is 0.600. The molecule has 0 aliphatic heterocycles. The van der Waals surface area contributed by atoms with Crippen LogP contribution in [-0.4, -0.2) is 10.1 Å². The van der Waals surface area contributed by atoms with E-state index in [4.69, 9.17) is 10.1 Å². The summed E-state index contributed by atoms with van der Waals surface area (Å²) in [6.07, 6.45) is 0. The van der Waals surface area contributed by atoms with E-state index in [1.165, 1.54) is 0 Å². The van der Waals surface area contributed by atoms with E-state index in [-0.39, 0.29) is 8.60 Å². The Morgan fingerprint density at radius 2 is 2.00 bits per heavy atom. The van der Waals surface area contributed by atoms with Crippen molar-refractivity contribution in [1.82, 2.24) is 0 Å². The van der Waals surface area contributed by atoms with Crippen molar-refractivity contribution >= 4 is 8.60 Å². The molecule has 0 saturated carbocycles. The van der Waals surface area contributed by atoms with Gasteiger partial charge in [-0.2, -0.15) is 0 Å². The summed E-state index contributed by atoms with van der Waals surface area (Å²) < 4.78 is 0. The van der Waals surface area contributed by atoms with Crippen molar-refractivity contribution in [2.45, 2.75) is 0 Å². The Labute approximate surface area is 24.8 Å². The fourth-order valence-corrected chi connectivity index (χ4v) is 0. The van der Waals surface area contributed by atoms with Crippen LogP contribution in [-0.2, 0) is 0 Å². The Morgan fingerprint density at radius 1 is 1.75 bits per heavy atom. The zero-order chi connectivity index (χ0) is 3.41. The molecule has 0 amide bonds. The smallest absolute Gasteiger partial charge is 0.203 e. The fourth-order valence-electron chi connectivity index (χ4n) is 0. The lowest BCUT2D eigenvalue weighted by Crippen LogP contribution is -1.28. The highest BCUT2D eigenvalue weighted by Crippen LogP contribution is 1.79. The van der Waals surface area contributed by atoms with Crippen LogP contribution >= 0.6 is 8.60 Å². The molecule has 24 valence electrons. The van der Waals surface area contributed by atoms with Gasteiger partial charge in [0.2, 0.25) is 8.60 Å². The summed E-state index contributed by atoms with van der Waals surface area (Å²) in [6.45, 7) is 0. The van der Waals surface area contributed by atoms with Gasteiger partial charge in [0.15, 0.2) is 0 Å². The highest BCUT2D eigenvalue weighted by Gasteiger charge is 1.38. The first-order chi connectivity index (χ1) is 1.91. The van der Waals surface area contributed by atoms with Gasteiger partial charge in [-0.05, 0) is 0 Å². The van der Waals surface area contributed by atoms with Gasteiger partial charge in [-0.25, -0.2) is 0 Å². The van der Waals surface area contributed by atoms with Crippen LogP contribution < -0.4 is 0 Å². The van der Waals surface area contributed by atoms with Gasteiger partial charge in [-0.3, -0.25) is 5.21 Å². The van der Waals surface area contributed by atoms with Gasteiger partial charge < -0.3 is 4.89 Å². The molecule has 4 heteroatoms. The van der Waals surface area contributed by atoms with Gasteiger partial charge in [0.05, 0.1) is 0 Å². The third-order valence-corrected chi connectivity index (χ3v) is 0.120. The van der Waals surface area contributed by atoms with E-state index >= 15 is 0 Å². The lowest BCUT2D eigenvalue weighted by molar-refractivity contribution is 0.323. The minimum absolute atomic E-state index is 0.321. The second-order valence-electron chi connectivity index (χ2n) is 0.179. The topological polar surface area (TPSA) is 52.8 Å². The van der Waals surface area contributed by atoms with Crippen LogP contribution in [0.4, 0.5) is 0 Å². The van der Waals surface area contributed by atoms with E-state index < -0.39 is 0 Å². The van der Waals surface area contributed by atoms with Crippen LogP contribution in [0.3, 0.4) is 0 Å². The summed E-state index contributed by atoms with van der Waals surface area (Å²) in [5, 5.41) is 7.24. The molecule has 4 heavy (non-hydrogen) atoms. The Balaban J connectivity index is 2.55. The largest absolute Gasteiger partial charge is 0.325 e. The molecule has 0 spiro atoms. The number of nitrogens with zero attached hydrogens (tertiary/aromatic N) is 1. The first kappa shape index (κ1) is 4.02. The minimum Gasteiger partial charge on any atom is -0.325 e. The fraction of sp³-hybridized carbons (Fsp3) is 0. The zero-order valence-electron chi connectivity index (χ0n) is 1.79. The van der Waals surface area contributed by atoms with Gasteiger partial charge in [0.1, 0.15) is 0 Å². The molecule has 0 aliphatic rings. The van der Waals surface area contributed by atoms with Crippen LogP contribution in [0.5, 0.6) is 0 Å². The summed E-state index contributed by atoms with van der Waals surface area (Å²) in [4.78, 5) is 9.69. The van der Waals surface area contributed by atoms with Gasteiger partial charge in [-0.1, -0.05) is 4.91 Å². The lowest BCUT2D eigenvalue weighted by atomic mass is 13.6. The standard InChI is InChI=1S/H2NO2P/c2-1-4-3/h2H,(H,1,3). The van der Waals surface area contributed by atoms with Crippen molar-refractivity contribution in [1.29, 1.82) is 0 Å². The second-order valence-corrected chi connectivity index (χ2v) is 0.537. The van der Waals surface area contributed by atoms with Gasteiger partial charge >= 0.3 is 0 Å². The molecule has 0 aromatic rings. The normalized spacial score (nSPS) is 9.50. The molecule has 0 aliphatic carbocycles. The molecular weight excluding hydrogens is 77.0 g/mol. The number of hydrogen-bond acceptors (Lipinski definition) is 1. The number of rotatable bonds is 0. The molecule has 0 unspecified atom stereocenters. The second kappa shape index (κ2) is 3.02. The molecular formula is H2NO2P. The molecule has 0 heterocycles. The Bertz CT molecular complexity index is 21.2. The van der Waals surface area contributed by atoms with Crippen molar-refractivity contribution in [2.24, 2.45) is 4.91 Å². The maximum atomic E-state index is 7.43. The number of hydrogen-bond donors (Lipinski definition) is 2. The minimum atomic E-state index is -0.321. The van der Waals surface area contributed by atoms with Gasteiger partial charge in [0, 0.05) is 0 Å². The maximum Gasteiger partial charge on any atom is 0.203 e. The van der Waals surface area contributed by atoms with E-state index in [1.54, 1.807) is 0 Å². The lowest BCUT2D eigenvalue weighted by Gasteiger charge is -1.49.